The molecule has 4 rings (SSSR count). The van der Waals surface area contributed by atoms with Crippen LogP contribution in [0.5, 0.6) is 0 Å². The second-order valence-corrected chi connectivity index (χ2v) is 9.77. The zero-order valence-electron chi connectivity index (χ0n) is 17.6. The number of carboxylic acid groups (broad SMARTS) is 1. The number of pyridine rings is 2. The van der Waals surface area contributed by atoms with Crippen molar-refractivity contribution in [2.75, 3.05) is 30.3 Å². The number of aromatic nitrogens is 2. The van der Waals surface area contributed by atoms with E-state index >= 15 is 0 Å². The number of nitrogen functional groups attached to an aromatic ring is 1. The number of alkyl halides is 3. The fraction of sp³-hybridized carbons (Fsp3) is 0.381. The number of aromatic carboxylic acids is 1. The van der Waals surface area contributed by atoms with E-state index < -0.39 is 29.5 Å². The van der Waals surface area contributed by atoms with E-state index in [0.29, 0.717) is 54.0 Å². The molecule has 1 aliphatic rings. The van der Waals surface area contributed by atoms with Crippen LogP contribution in [0.2, 0.25) is 0 Å². The maximum Gasteiger partial charge on any atom is 0.417 e. The van der Waals surface area contributed by atoms with Crippen LogP contribution in [-0.2, 0) is 6.18 Å². The lowest BCUT2D eigenvalue weighted by Crippen LogP contribution is -2.44. The number of rotatable bonds is 6. The minimum absolute atomic E-state index is 0.0498. The number of hydrogen-bond acceptors (Lipinski definition) is 8. The molecule has 1 saturated heterocycles. The summed E-state index contributed by atoms with van der Waals surface area (Å²) in [7, 11) is 0. The minimum atomic E-state index is -4.71. The number of fused-ring (bicyclic) bond motifs is 1. The van der Waals surface area contributed by atoms with Gasteiger partial charge >= 0.3 is 12.1 Å². The molecule has 0 saturated carbocycles. The Labute approximate surface area is 204 Å². The Morgan fingerprint density at radius 3 is 2.65 bits per heavy atom. The Morgan fingerprint density at radius 1 is 1.35 bits per heavy atom. The number of carbonyl (C=O) groups is 1. The van der Waals surface area contributed by atoms with Gasteiger partial charge in [0.2, 0.25) is 0 Å². The molecule has 1 unspecified atom stereocenters. The lowest BCUT2D eigenvalue weighted by atomic mass is 10.0. The topological polar surface area (TPSA) is 125 Å². The Bertz CT molecular complexity index is 1200. The van der Waals surface area contributed by atoms with Crippen molar-refractivity contribution in [3.63, 3.8) is 0 Å². The zero-order chi connectivity index (χ0) is 24.6. The van der Waals surface area contributed by atoms with E-state index in [0.717, 1.165) is 6.07 Å². The molecule has 34 heavy (non-hydrogen) atoms. The number of nitrogens with two attached hydrogens (primary N) is 1. The Kier molecular flexibility index (Phi) is 6.99. The van der Waals surface area contributed by atoms with Crippen molar-refractivity contribution in [2.45, 2.75) is 31.2 Å². The van der Waals surface area contributed by atoms with E-state index in [9.17, 15) is 28.2 Å². The largest absolute Gasteiger partial charge is 0.477 e. The van der Waals surface area contributed by atoms with Crippen LogP contribution in [0.25, 0.3) is 10.2 Å². The van der Waals surface area contributed by atoms with Crippen LogP contribution in [0, 0.1) is 0 Å². The molecule has 0 spiro atoms. The predicted octanol–water partition coefficient (Wildman–Crippen LogP) is 4.05. The molecule has 1 fully saturated rings. The highest BCUT2D eigenvalue weighted by Gasteiger charge is 2.37. The first kappa shape index (κ1) is 24.6. The van der Waals surface area contributed by atoms with Crippen LogP contribution in [0.15, 0.2) is 29.0 Å². The lowest BCUT2D eigenvalue weighted by molar-refractivity contribution is -0.136. The number of thiophene rings is 1. The van der Waals surface area contributed by atoms with E-state index in [-0.39, 0.29) is 27.0 Å². The number of halogens is 4. The average molecular weight is 560 g/mol. The van der Waals surface area contributed by atoms with Crippen molar-refractivity contribution in [3.05, 3.63) is 45.0 Å². The zero-order valence-corrected chi connectivity index (χ0v) is 20.0. The molecule has 3 aromatic heterocycles. The molecule has 0 bridgehead atoms. The third-order valence-corrected chi connectivity index (χ3v) is 7.30. The minimum Gasteiger partial charge on any atom is -0.477 e. The fourth-order valence-corrected chi connectivity index (χ4v) is 5.13. The third-order valence-electron chi connectivity index (χ3n) is 5.74. The van der Waals surface area contributed by atoms with Gasteiger partial charge in [-0.3, -0.25) is 0 Å². The second-order valence-electron chi connectivity index (χ2n) is 7.96. The molecule has 8 nitrogen and oxygen atoms in total. The summed E-state index contributed by atoms with van der Waals surface area (Å²) in [4.78, 5) is 21.1. The first-order valence-electron chi connectivity index (χ1n) is 10.4. The highest BCUT2D eigenvalue weighted by atomic mass is 79.9. The summed E-state index contributed by atoms with van der Waals surface area (Å²) in [5, 5.41) is 22.5. The van der Waals surface area contributed by atoms with Crippen LogP contribution in [-0.4, -0.2) is 51.8 Å². The molecule has 13 heteroatoms. The van der Waals surface area contributed by atoms with Crippen LogP contribution in [0.4, 0.5) is 24.7 Å². The van der Waals surface area contributed by atoms with Crippen molar-refractivity contribution in [1.82, 2.24) is 15.3 Å². The molecule has 5 N–H and O–H groups in total. The molecule has 4 heterocycles. The SMILES string of the molecule is Nc1c(C(=O)O)sc2nc(N3CCC(NCC(O)c4ccc(Br)nc4)CC3)cc(C(F)(F)F)c12. The van der Waals surface area contributed by atoms with Gasteiger partial charge in [-0.2, -0.15) is 13.2 Å². The summed E-state index contributed by atoms with van der Waals surface area (Å²) in [6.45, 7) is 1.23. The summed E-state index contributed by atoms with van der Waals surface area (Å²) < 4.78 is 42.0. The van der Waals surface area contributed by atoms with Crippen molar-refractivity contribution >= 4 is 55.0 Å². The number of aliphatic hydroxyl groups is 1. The second kappa shape index (κ2) is 9.64. The molecular weight excluding hydrogens is 539 g/mol. The number of anilines is 2. The van der Waals surface area contributed by atoms with Gasteiger partial charge in [-0.1, -0.05) is 6.07 Å². The molecule has 182 valence electrons. The van der Waals surface area contributed by atoms with Crippen molar-refractivity contribution in [1.29, 1.82) is 0 Å². The van der Waals surface area contributed by atoms with E-state index in [1.54, 1.807) is 23.2 Å². The average Bonchev–Trinajstić information content (AvgIpc) is 3.13. The highest BCUT2D eigenvalue weighted by molar-refractivity contribution is 9.10. The molecule has 1 aliphatic heterocycles. The van der Waals surface area contributed by atoms with Crippen molar-refractivity contribution < 1.29 is 28.2 Å². The van der Waals surface area contributed by atoms with E-state index in [1.165, 1.54) is 0 Å². The van der Waals surface area contributed by atoms with E-state index in [4.69, 9.17) is 5.73 Å². The predicted molar refractivity (Wildman–Crippen MR) is 126 cm³/mol. The van der Waals surface area contributed by atoms with Gasteiger partial charge in [0.25, 0.3) is 0 Å². The Morgan fingerprint density at radius 2 is 2.06 bits per heavy atom. The molecule has 3 aromatic rings. The summed E-state index contributed by atoms with van der Waals surface area (Å²) >= 11 is 3.89. The van der Waals surface area contributed by atoms with Crippen molar-refractivity contribution in [3.8, 4) is 0 Å². The fourth-order valence-electron chi connectivity index (χ4n) is 3.95. The van der Waals surface area contributed by atoms with Gasteiger partial charge in [0, 0.05) is 42.8 Å². The maximum absolute atomic E-state index is 13.8. The molecular formula is C21H21BrF3N5O3S. The number of carboxylic acids is 1. The monoisotopic (exact) mass is 559 g/mol. The normalized spacial score (nSPS) is 16.2. The molecule has 0 amide bonds. The number of piperidine rings is 1. The van der Waals surface area contributed by atoms with Gasteiger partial charge in [-0.05, 0) is 40.9 Å². The van der Waals surface area contributed by atoms with Crippen LogP contribution in [0.3, 0.4) is 0 Å². The van der Waals surface area contributed by atoms with Crippen LogP contribution >= 0.6 is 27.3 Å². The summed E-state index contributed by atoms with van der Waals surface area (Å²) in [6.07, 6.45) is -2.58. The molecule has 0 aliphatic carbocycles. The van der Waals surface area contributed by atoms with Crippen LogP contribution in [0.1, 0.15) is 39.7 Å². The molecule has 0 radical (unpaired) electrons. The first-order chi connectivity index (χ1) is 16.0. The van der Waals surface area contributed by atoms with Crippen molar-refractivity contribution in [2.24, 2.45) is 0 Å². The molecule has 1 atom stereocenters. The third kappa shape index (κ3) is 5.11. The number of hydrogen-bond donors (Lipinski definition) is 4. The lowest BCUT2D eigenvalue weighted by Gasteiger charge is -2.34. The Hall–Kier alpha value is -2.48. The number of nitrogens with zero attached hydrogens (tertiary/aromatic N) is 3. The standard InChI is InChI=1S/C21H21BrF3N5O3S/c22-14-2-1-10(8-28-14)13(31)9-27-11-3-5-30(6-4-11)15-7-12(21(23,24)25)16-17(26)18(20(32)33)34-19(16)29-15/h1-2,7-8,11,13,27,31H,3-6,9,26H2,(H,32,33). The number of aliphatic hydroxyl groups excluding tert-OH is 1. The quantitative estimate of drug-likeness (QED) is 0.333. The van der Waals surface area contributed by atoms with Gasteiger partial charge < -0.3 is 26.2 Å². The van der Waals surface area contributed by atoms with E-state index in [2.05, 4.69) is 31.2 Å². The molecule has 0 aromatic carbocycles. The summed E-state index contributed by atoms with van der Waals surface area (Å²) in [5.41, 5.74) is 5.01. The summed E-state index contributed by atoms with van der Waals surface area (Å²) in [6, 6.07) is 4.54. The Balaban J connectivity index is 1.46. The smallest absolute Gasteiger partial charge is 0.417 e. The summed E-state index contributed by atoms with van der Waals surface area (Å²) in [5.74, 6) is -1.25. The van der Waals surface area contributed by atoms with Gasteiger partial charge in [0.05, 0.1) is 17.4 Å². The van der Waals surface area contributed by atoms with Crippen LogP contribution < -0.4 is 16.0 Å². The first-order valence-corrected chi connectivity index (χ1v) is 12.0. The van der Waals surface area contributed by atoms with Gasteiger partial charge in [0.1, 0.15) is 20.1 Å². The number of nitrogens with one attached hydrogen (secondary N) is 1. The van der Waals surface area contributed by atoms with Gasteiger partial charge in [-0.25, -0.2) is 14.8 Å². The maximum atomic E-state index is 13.8. The van der Waals surface area contributed by atoms with E-state index in [1.807, 2.05) is 0 Å². The van der Waals surface area contributed by atoms with Gasteiger partial charge in [-0.15, -0.1) is 11.3 Å². The highest BCUT2D eigenvalue weighted by Crippen LogP contribution is 2.43. The van der Waals surface area contributed by atoms with Gasteiger partial charge in [0.15, 0.2) is 0 Å².